The van der Waals surface area contributed by atoms with Gasteiger partial charge in [-0.1, -0.05) is 36.4 Å². The molecule has 0 saturated carbocycles. The molecule has 2 amide bonds. The molecule has 0 N–H and O–H groups in total. The highest BCUT2D eigenvalue weighted by Gasteiger charge is 2.35. The molecule has 0 spiro atoms. The van der Waals surface area contributed by atoms with Crippen LogP contribution in [-0.2, 0) is 0 Å². The number of carbonyl (C=O) groups is 2. The van der Waals surface area contributed by atoms with Crippen molar-refractivity contribution in [1.82, 2.24) is 0 Å². The number of hydrogen-bond donors (Lipinski definition) is 0. The van der Waals surface area contributed by atoms with Crippen molar-refractivity contribution in [1.29, 1.82) is 0 Å². The van der Waals surface area contributed by atoms with E-state index in [-0.39, 0.29) is 11.8 Å². The zero-order valence-corrected chi connectivity index (χ0v) is 14.6. The van der Waals surface area contributed by atoms with E-state index in [0.717, 1.165) is 21.5 Å². The summed E-state index contributed by atoms with van der Waals surface area (Å²) in [6.07, 6.45) is 0. The molecule has 0 radical (unpaired) electrons. The van der Waals surface area contributed by atoms with Crippen LogP contribution in [0, 0.1) is 0 Å². The normalized spacial score (nSPS) is 13.4. The summed E-state index contributed by atoms with van der Waals surface area (Å²) in [6.45, 7) is 0. The Labute approximate surface area is 155 Å². The van der Waals surface area contributed by atoms with E-state index in [1.165, 1.54) is 4.90 Å². The third-order valence-electron chi connectivity index (χ3n) is 5.07. The second-order valence-corrected chi connectivity index (χ2v) is 6.52. The minimum Gasteiger partial charge on any atom is -0.497 e. The number of methoxy groups -OCH3 is 1. The highest BCUT2D eigenvalue weighted by atomic mass is 16.5. The maximum Gasteiger partial charge on any atom is 0.266 e. The first-order valence-electron chi connectivity index (χ1n) is 8.66. The van der Waals surface area contributed by atoms with Gasteiger partial charge in [0.15, 0.2) is 0 Å². The van der Waals surface area contributed by atoms with Crippen molar-refractivity contribution in [2.75, 3.05) is 12.0 Å². The number of ether oxygens (including phenoxy) is 1. The van der Waals surface area contributed by atoms with Crippen LogP contribution in [0.15, 0.2) is 72.8 Å². The summed E-state index contributed by atoms with van der Waals surface area (Å²) in [7, 11) is 1.58. The van der Waals surface area contributed by atoms with E-state index in [9.17, 15) is 9.59 Å². The number of fused-ring (bicyclic) bond motifs is 2. The minimum atomic E-state index is -0.307. The highest BCUT2D eigenvalue weighted by Crippen LogP contribution is 2.37. The molecule has 4 heteroatoms. The van der Waals surface area contributed by atoms with Gasteiger partial charge in [0.25, 0.3) is 11.8 Å². The standard InChI is InChI=1S/C23H15NO3/c1-27-17-11-9-16(10-12-17)24-22(25)19-8-4-6-15-13-14-5-2-3-7-18(14)21(20(15)19)23(24)26/h2-13H,1H3. The van der Waals surface area contributed by atoms with Gasteiger partial charge in [-0.2, -0.15) is 0 Å². The van der Waals surface area contributed by atoms with Gasteiger partial charge in [-0.3, -0.25) is 9.59 Å². The Hall–Kier alpha value is -3.66. The molecule has 1 heterocycles. The van der Waals surface area contributed by atoms with Gasteiger partial charge in [0.1, 0.15) is 5.75 Å². The molecule has 0 aromatic heterocycles. The maximum atomic E-state index is 13.5. The molecule has 0 bridgehead atoms. The minimum absolute atomic E-state index is 0.300. The predicted molar refractivity (Wildman–Crippen MR) is 106 cm³/mol. The van der Waals surface area contributed by atoms with Gasteiger partial charge in [-0.05, 0) is 52.6 Å². The predicted octanol–water partition coefficient (Wildman–Crippen LogP) is 4.80. The van der Waals surface area contributed by atoms with Crippen molar-refractivity contribution >= 4 is 39.0 Å². The number of benzene rings is 4. The van der Waals surface area contributed by atoms with Crippen molar-refractivity contribution in [3.8, 4) is 5.75 Å². The molecule has 4 aromatic rings. The Morgan fingerprint density at radius 2 is 1.52 bits per heavy atom. The second kappa shape index (κ2) is 5.68. The summed E-state index contributed by atoms with van der Waals surface area (Å²) in [6, 6.07) is 22.3. The Kier molecular flexibility index (Phi) is 3.28. The third-order valence-corrected chi connectivity index (χ3v) is 5.07. The monoisotopic (exact) mass is 353 g/mol. The number of hydrogen-bond acceptors (Lipinski definition) is 3. The number of carbonyl (C=O) groups excluding carboxylic acids is 2. The number of anilines is 1. The highest BCUT2D eigenvalue weighted by molar-refractivity contribution is 6.39. The lowest BCUT2D eigenvalue weighted by molar-refractivity contribution is 0.0894. The summed E-state index contributed by atoms with van der Waals surface area (Å²) in [5.41, 5.74) is 1.65. The average molecular weight is 353 g/mol. The van der Waals surface area contributed by atoms with E-state index in [0.29, 0.717) is 22.6 Å². The van der Waals surface area contributed by atoms with Crippen LogP contribution in [0.1, 0.15) is 20.7 Å². The Balaban J connectivity index is 1.82. The SMILES string of the molecule is COc1ccc(N2C(=O)c3cccc4cc5ccccc5c(c34)C2=O)cc1. The lowest BCUT2D eigenvalue weighted by atomic mass is 9.89. The van der Waals surface area contributed by atoms with Gasteiger partial charge in [0, 0.05) is 10.9 Å². The fourth-order valence-corrected chi connectivity index (χ4v) is 3.81. The molecule has 0 unspecified atom stereocenters. The van der Waals surface area contributed by atoms with E-state index in [4.69, 9.17) is 4.74 Å². The molecule has 0 fully saturated rings. The summed E-state index contributed by atoms with van der Waals surface area (Å²) in [4.78, 5) is 27.9. The maximum absolute atomic E-state index is 13.5. The van der Waals surface area contributed by atoms with Crippen LogP contribution in [0.2, 0.25) is 0 Å². The van der Waals surface area contributed by atoms with Crippen LogP contribution in [-0.4, -0.2) is 18.9 Å². The number of imide groups is 1. The summed E-state index contributed by atoms with van der Waals surface area (Å²) < 4.78 is 5.18. The van der Waals surface area contributed by atoms with Gasteiger partial charge in [-0.15, -0.1) is 0 Å². The molecule has 4 nitrogen and oxygen atoms in total. The first-order chi connectivity index (χ1) is 13.2. The van der Waals surface area contributed by atoms with Crippen LogP contribution >= 0.6 is 0 Å². The lowest BCUT2D eigenvalue weighted by Gasteiger charge is -2.28. The molecule has 130 valence electrons. The Bertz CT molecular complexity index is 1240. The van der Waals surface area contributed by atoms with Crippen molar-refractivity contribution in [3.63, 3.8) is 0 Å². The summed E-state index contributed by atoms with van der Waals surface area (Å²) in [5.74, 6) is 0.0628. The molecule has 5 rings (SSSR count). The summed E-state index contributed by atoms with van der Waals surface area (Å²) in [5, 5.41) is 3.47. The van der Waals surface area contributed by atoms with Crippen LogP contribution in [0.25, 0.3) is 21.5 Å². The fourth-order valence-electron chi connectivity index (χ4n) is 3.81. The molecule has 0 saturated heterocycles. The first-order valence-corrected chi connectivity index (χ1v) is 8.66. The largest absolute Gasteiger partial charge is 0.497 e. The van der Waals surface area contributed by atoms with Crippen molar-refractivity contribution in [2.24, 2.45) is 0 Å². The number of amides is 2. The van der Waals surface area contributed by atoms with Gasteiger partial charge in [0.05, 0.1) is 18.4 Å². The van der Waals surface area contributed by atoms with Crippen LogP contribution in [0.4, 0.5) is 5.69 Å². The molecule has 0 atom stereocenters. The van der Waals surface area contributed by atoms with Crippen LogP contribution in [0.3, 0.4) is 0 Å². The zero-order valence-electron chi connectivity index (χ0n) is 14.6. The van der Waals surface area contributed by atoms with Gasteiger partial charge < -0.3 is 4.74 Å². The van der Waals surface area contributed by atoms with Gasteiger partial charge in [0.2, 0.25) is 0 Å². The Morgan fingerprint density at radius 1 is 0.778 bits per heavy atom. The van der Waals surface area contributed by atoms with E-state index < -0.39 is 0 Å². The second-order valence-electron chi connectivity index (χ2n) is 6.52. The molecule has 27 heavy (non-hydrogen) atoms. The quantitative estimate of drug-likeness (QED) is 0.384. The topological polar surface area (TPSA) is 46.6 Å². The fraction of sp³-hybridized carbons (Fsp3) is 0.0435. The zero-order chi connectivity index (χ0) is 18.5. The lowest BCUT2D eigenvalue weighted by Crippen LogP contribution is -2.40. The number of nitrogens with zero attached hydrogens (tertiary/aromatic N) is 1. The van der Waals surface area contributed by atoms with Crippen molar-refractivity contribution in [2.45, 2.75) is 0 Å². The van der Waals surface area contributed by atoms with E-state index >= 15 is 0 Å². The molecule has 1 aliphatic rings. The third kappa shape index (κ3) is 2.16. The average Bonchev–Trinajstić information content (AvgIpc) is 2.71. The van der Waals surface area contributed by atoms with Gasteiger partial charge in [-0.25, -0.2) is 4.90 Å². The van der Waals surface area contributed by atoms with Crippen LogP contribution in [0.5, 0.6) is 5.75 Å². The first kappa shape index (κ1) is 15.6. The molecule has 1 aliphatic heterocycles. The van der Waals surface area contributed by atoms with Crippen molar-refractivity contribution in [3.05, 3.63) is 83.9 Å². The Morgan fingerprint density at radius 3 is 2.30 bits per heavy atom. The van der Waals surface area contributed by atoms with E-state index in [1.807, 2.05) is 42.5 Å². The van der Waals surface area contributed by atoms with Gasteiger partial charge >= 0.3 is 0 Å². The summed E-state index contributed by atoms with van der Waals surface area (Å²) >= 11 is 0. The molecular formula is C23H15NO3. The molecule has 0 aliphatic carbocycles. The molecular weight excluding hydrogens is 338 g/mol. The number of rotatable bonds is 2. The van der Waals surface area contributed by atoms with E-state index in [2.05, 4.69) is 0 Å². The van der Waals surface area contributed by atoms with E-state index in [1.54, 1.807) is 37.4 Å². The van der Waals surface area contributed by atoms with Crippen molar-refractivity contribution < 1.29 is 14.3 Å². The smallest absolute Gasteiger partial charge is 0.266 e. The van der Waals surface area contributed by atoms with Crippen LogP contribution < -0.4 is 9.64 Å². The molecule has 4 aromatic carbocycles.